The predicted octanol–water partition coefficient (Wildman–Crippen LogP) is 0.810. The molecule has 1 aliphatic rings. The maximum Gasteiger partial charge on any atom is 0.338 e. The van der Waals surface area contributed by atoms with E-state index < -0.39 is 42.0 Å². The summed E-state index contributed by atoms with van der Waals surface area (Å²) < 4.78 is 23.6. The van der Waals surface area contributed by atoms with Gasteiger partial charge in [-0.05, 0) is 12.1 Å². The number of ether oxygens (including phenoxy) is 4. The number of fused-ring (bicyclic) bond motifs is 1. The first-order valence-corrected chi connectivity index (χ1v) is 11.4. The molecule has 4 atom stereocenters. The lowest BCUT2D eigenvalue weighted by Gasteiger charge is -2.22. The summed E-state index contributed by atoms with van der Waals surface area (Å²) in [5.74, 6) is -2.04. The van der Waals surface area contributed by atoms with Crippen molar-refractivity contribution in [3.05, 3.63) is 46.2 Å². The summed E-state index contributed by atoms with van der Waals surface area (Å²) in [5.41, 5.74) is -0.444. The number of nitrogens with one attached hydrogen (secondary N) is 2. The topological polar surface area (TPSA) is 177 Å². The summed E-state index contributed by atoms with van der Waals surface area (Å²) in [6, 6.07) is 8.39. The summed E-state index contributed by atoms with van der Waals surface area (Å²) >= 11 is 0. The van der Waals surface area contributed by atoms with Crippen LogP contribution in [-0.2, 0) is 28.5 Å². The highest BCUT2D eigenvalue weighted by atomic mass is 16.6. The standard InChI is InChI=1S/C23H26N6O8/c1-11(2)19(31)25-23-24-18-15(20(32)26-23)27-28-29(18)21-17(36-12(3)30)16(34-4)14(37-21)10-35-22(33)13-8-6-5-7-9-13/h5-9,11,14,16-17,21H,10H2,1-4H3,(H2,24,25,26,31,32)/t14-,16-,17-,21-/m1/s1. The molecule has 2 N–H and O–H groups in total. The van der Waals surface area contributed by atoms with E-state index >= 15 is 0 Å². The van der Waals surface area contributed by atoms with Crippen LogP contribution in [0.25, 0.3) is 11.2 Å². The highest BCUT2D eigenvalue weighted by Gasteiger charge is 2.50. The molecule has 14 heteroatoms. The van der Waals surface area contributed by atoms with Crippen molar-refractivity contribution in [1.82, 2.24) is 25.0 Å². The molecule has 0 bridgehead atoms. The van der Waals surface area contributed by atoms with Crippen LogP contribution >= 0.6 is 0 Å². The highest BCUT2D eigenvalue weighted by molar-refractivity contribution is 5.91. The number of rotatable bonds is 8. The van der Waals surface area contributed by atoms with E-state index in [1.54, 1.807) is 44.2 Å². The Morgan fingerprint density at radius 2 is 1.92 bits per heavy atom. The van der Waals surface area contributed by atoms with Crippen molar-refractivity contribution in [3.8, 4) is 0 Å². The average Bonchev–Trinajstić information content (AvgIpc) is 3.43. The zero-order valence-electron chi connectivity index (χ0n) is 20.5. The molecule has 0 saturated carbocycles. The Labute approximate surface area is 210 Å². The third-order valence-corrected chi connectivity index (χ3v) is 5.59. The first kappa shape index (κ1) is 25.9. The highest BCUT2D eigenvalue weighted by Crippen LogP contribution is 2.34. The second kappa shape index (κ2) is 10.8. The molecule has 1 aliphatic heterocycles. The van der Waals surface area contributed by atoms with Gasteiger partial charge in [-0.1, -0.05) is 37.3 Å². The fraction of sp³-hybridized carbons (Fsp3) is 0.435. The van der Waals surface area contributed by atoms with E-state index in [-0.39, 0.29) is 35.5 Å². The van der Waals surface area contributed by atoms with Gasteiger partial charge in [0.15, 0.2) is 23.5 Å². The number of nitrogens with zero attached hydrogens (tertiary/aromatic N) is 4. The number of methoxy groups -OCH3 is 1. The first-order chi connectivity index (χ1) is 17.7. The molecular weight excluding hydrogens is 488 g/mol. The van der Waals surface area contributed by atoms with Crippen LogP contribution in [0.5, 0.6) is 0 Å². The van der Waals surface area contributed by atoms with Crippen LogP contribution < -0.4 is 10.9 Å². The predicted molar refractivity (Wildman–Crippen MR) is 126 cm³/mol. The van der Waals surface area contributed by atoms with Crippen molar-refractivity contribution in [2.45, 2.75) is 45.3 Å². The van der Waals surface area contributed by atoms with Crippen LogP contribution in [0, 0.1) is 5.92 Å². The molecule has 0 radical (unpaired) electrons. The van der Waals surface area contributed by atoms with Crippen LogP contribution in [0.2, 0.25) is 0 Å². The summed E-state index contributed by atoms with van der Waals surface area (Å²) in [6.45, 7) is 4.36. The van der Waals surface area contributed by atoms with E-state index in [1.807, 2.05) is 0 Å². The van der Waals surface area contributed by atoms with Crippen LogP contribution in [0.3, 0.4) is 0 Å². The number of amides is 1. The maximum absolute atomic E-state index is 12.6. The molecule has 2 aromatic heterocycles. The third kappa shape index (κ3) is 5.49. The van der Waals surface area contributed by atoms with E-state index in [2.05, 4.69) is 25.6 Å². The van der Waals surface area contributed by atoms with E-state index in [1.165, 1.54) is 14.0 Å². The minimum absolute atomic E-state index is 0.0262. The Morgan fingerprint density at radius 3 is 2.57 bits per heavy atom. The molecule has 0 unspecified atom stereocenters. The van der Waals surface area contributed by atoms with Gasteiger partial charge in [0, 0.05) is 20.0 Å². The number of carbonyl (C=O) groups is 3. The van der Waals surface area contributed by atoms with E-state index in [0.29, 0.717) is 5.56 Å². The lowest BCUT2D eigenvalue weighted by atomic mass is 10.1. The van der Waals surface area contributed by atoms with Crippen molar-refractivity contribution in [3.63, 3.8) is 0 Å². The van der Waals surface area contributed by atoms with Crippen LogP contribution in [0.4, 0.5) is 5.95 Å². The smallest absolute Gasteiger partial charge is 0.338 e. The van der Waals surface area contributed by atoms with Gasteiger partial charge < -0.3 is 18.9 Å². The van der Waals surface area contributed by atoms with Gasteiger partial charge in [0.1, 0.15) is 18.8 Å². The Kier molecular flexibility index (Phi) is 7.59. The van der Waals surface area contributed by atoms with Gasteiger partial charge in [-0.2, -0.15) is 9.67 Å². The molecule has 4 rings (SSSR count). The maximum atomic E-state index is 12.6. The Morgan fingerprint density at radius 1 is 1.19 bits per heavy atom. The molecule has 1 saturated heterocycles. The number of hydrogen-bond donors (Lipinski definition) is 2. The minimum atomic E-state index is -1.14. The Hall–Kier alpha value is -4.17. The van der Waals surface area contributed by atoms with E-state index in [9.17, 15) is 19.2 Å². The number of aromatic amines is 1. The lowest BCUT2D eigenvalue weighted by molar-refractivity contribution is -0.157. The Bertz CT molecular complexity index is 1350. The summed E-state index contributed by atoms with van der Waals surface area (Å²) in [5, 5.41) is 10.4. The third-order valence-electron chi connectivity index (χ3n) is 5.59. The van der Waals surface area contributed by atoms with Crippen molar-refractivity contribution >= 4 is 35.0 Å². The summed E-state index contributed by atoms with van der Waals surface area (Å²) in [7, 11) is 1.39. The van der Waals surface area contributed by atoms with Crippen LogP contribution in [0.15, 0.2) is 35.1 Å². The SMILES string of the molecule is CO[C@H]1[C@@H](OC(C)=O)[C@H](n2nnc3c(=O)[nH]c(NC(=O)C(C)C)nc32)O[C@@H]1COC(=O)c1ccccc1. The van der Waals surface area contributed by atoms with Gasteiger partial charge >= 0.3 is 11.9 Å². The quantitative estimate of drug-likeness (QED) is 0.407. The lowest BCUT2D eigenvalue weighted by Crippen LogP contribution is -2.39. The molecule has 1 amide bonds. The first-order valence-electron chi connectivity index (χ1n) is 11.4. The van der Waals surface area contributed by atoms with Gasteiger partial charge in [-0.15, -0.1) is 5.10 Å². The monoisotopic (exact) mass is 514 g/mol. The number of esters is 2. The second-order valence-electron chi connectivity index (χ2n) is 8.57. The van der Waals surface area contributed by atoms with Crippen molar-refractivity contribution < 1.29 is 33.3 Å². The van der Waals surface area contributed by atoms with Gasteiger partial charge in [0.05, 0.1) is 5.56 Å². The molecule has 0 spiro atoms. The molecule has 1 fully saturated rings. The van der Waals surface area contributed by atoms with Crippen LogP contribution in [0.1, 0.15) is 37.4 Å². The number of carbonyl (C=O) groups excluding carboxylic acids is 3. The number of benzene rings is 1. The number of hydrogen-bond acceptors (Lipinski definition) is 11. The molecular formula is C23H26N6O8. The minimum Gasteiger partial charge on any atom is -0.459 e. The average molecular weight is 514 g/mol. The molecule has 3 heterocycles. The zero-order chi connectivity index (χ0) is 26.7. The van der Waals surface area contributed by atoms with Crippen molar-refractivity contribution in [2.24, 2.45) is 5.92 Å². The molecule has 3 aromatic rings. The van der Waals surface area contributed by atoms with Gasteiger partial charge in [0.25, 0.3) is 5.56 Å². The van der Waals surface area contributed by atoms with Gasteiger partial charge in [-0.3, -0.25) is 24.7 Å². The fourth-order valence-electron chi connectivity index (χ4n) is 3.79. The Balaban J connectivity index is 1.65. The number of anilines is 1. The fourth-order valence-corrected chi connectivity index (χ4v) is 3.79. The second-order valence-corrected chi connectivity index (χ2v) is 8.57. The molecule has 196 valence electrons. The largest absolute Gasteiger partial charge is 0.459 e. The van der Waals surface area contributed by atoms with Gasteiger partial charge in [-0.25, -0.2) is 4.79 Å². The number of H-pyrrole nitrogens is 1. The van der Waals surface area contributed by atoms with E-state index in [0.717, 1.165) is 4.68 Å². The zero-order valence-corrected chi connectivity index (χ0v) is 20.5. The van der Waals surface area contributed by atoms with Gasteiger partial charge in [0.2, 0.25) is 11.9 Å². The molecule has 14 nitrogen and oxygen atoms in total. The van der Waals surface area contributed by atoms with E-state index in [4.69, 9.17) is 18.9 Å². The van der Waals surface area contributed by atoms with Crippen LogP contribution in [-0.4, -0.2) is 74.8 Å². The van der Waals surface area contributed by atoms with Crippen molar-refractivity contribution in [2.75, 3.05) is 19.0 Å². The molecule has 1 aromatic carbocycles. The normalized spacial score (nSPS) is 21.2. The van der Waals surface area contributed by atoms with Crippen molar-refractivity contribution in [1.29, 1.82) is 0 Å². The summed E-state index contributed by atoms with van der Waals surface area (Å²) in [6.07, 6.45) is -3.92. The molecule has 0 aliphatic carbocycles. The number of aromatic nitrogens is 5. The summed E-state index contributed by atoms with van der Waals surface area (Å²) in [4.78, 5) is 55.7. The molecule has 37 heavy (non-hydrogen) atoms.